The summed E-state index contributed by atoms with van der Waals surface area (Å²) in [6.45, 7) is 3.76. The van der Waals surface area contributed by atoms with Gasteiger partial charge in [0.15, 0.2) is 0 Å². The molecule has 1 aliphatic rings. The van der Waals surface area contributed by atoms with E-state index >= 15 is 0 Å². The highest BCUT2D eigenvalue weighted by Crippen LogP contribution is 2.38. The number of nitrogens with two attached hydrogens (primary N) is 1. The van der Waals surface area contributed by atoms with Crippen molar-refractivity contribution in [3.63, 3.8) is 0 Å². The minimum absolute atomic E-state index is 0.0837. The Morgan fingerprint density at radius 3 is 2.89 bits per heavy atom. The van der Waals surface area contributed by atoms with E-state index in [1.54, 1.807) is 6.07 Å². The number of benzene rings is 1. The SMILES string of the molecule is Cc1cccc(NC(=O)C2(C)CCCC2N)c1C#N. The van der Waals surface area contributed by atoms with Gasteiger partial charge in [-0.25, -0.2) is 0 Å². The number of nitrogens with zero attached hydrogens (tertiary/aromatic N) is 1. The van der Waals surface area contributed by atoms with Crippen LogP contribution in [0.5, 0.6) is 0 Å². The van der Waals surface area contributed by atoms with E-state index in [9.17, 15) is 4.79 Å². The van der Waals surface area contributed by atoms with Crippen molar-refractivity contribution in [3.8, 4) is 6.07 Å². The molecule has 0 aromatic heterocycles. The van der Waals surface area contributed by atoms with E-state index in [0.717, 1.165) is 24.8 Å². The van der Waals surface area contributed by atoms with Gasteiger partial charge < -0.3 is 11.1 Å². The largest absolute Gasteiger partial charge is 0.327 e. The molecule has 3 N–H and O–H groups in total. The molecular formula is C15H19N3O. The fourth-order valence-electron chi connectivity index (χ4n) is 2.66. The third-order valence-corrected chi connectivity index (χ3v) is 4.18. The van der Waals surface area contributed by atoms with Crippen molar-refractivity contribution in [2.45, 2.75) is 39.2 Å². The number of aryl methyl sites for hydroxylation is 1. The predicted octanol–water partition coefficient (Wildman–Crippen LogP) is 2.32. The zero-order valence-electron chi connectivity index (χ0n) is 11.4. The summed E-state index contributed by atoms with van der Waals surface area (Å²) >= 11 is 0. The Labute approximate surface area is 113 Å². The molecule has 2 atom stereocenters. The minimum Gasteiger partial charge on any atom is -0.327 e. The summed E-state index contributed by atoms with van der Waals surface area (Å²) in [4.78, 5) is 12.4. The van der Waals surface area contributed by atoms with Gasteiger partial charge in [-0.2, -0.15) is 5.26 Å². The lowest BCUT2D eigenvalue weighted by Gasteiger charge is -2.27. The summed E-state index contributed by atoms with van der Waals surface area (Å²) in [6.07, 6.45) is 2.65. The highest BCUT2D eigenvalue weighted by molar-refractivity contribution is 5.97. The molecule has 4 heteroatoms. The van der Waals surface area contributed by atoms with E-state index in [-0.39, 0.29) is 11.9 Å². The second-order valence-electron chi connectivity index (χ2n) is 5.48. The molecule has 1 aromatic carbocycles. The number of rotatable bonds is 2. The Bertz CT molecular complexity index is 547. The van der Waals surface area contributed by atoms with Crippen LogP contribution in [0.25, 0.3) is 0 Å². The van der Waals surface area contributed by atoms with Crippen LogP contribution < -0.4 is 11.1 Å². The summed E-state index contributed by atoms with van der Waals surface area (Å²) in [5, 5.41) is 12.0. The topological polar surface area (TPSA) is 78.9 Å². The van der Waals surface area contributed by atoms with E-state index in [4.69, 9.17) is 11.0 Å². The van der Waals surface area contributed by atoms with Gasteiger partial charge in [-0.3, -0.25) is 4.79 Å². The molecule has 0 heterocycles. The Morgan fingerprint density at radius 1 is 1.58 bits per heavy atom. The molecule has 19 heavy (non-hydrogen) atoms. The highest BCUT2D eigenvalue weighted by atomic mass is 16.2. The molecule has 0 spiro atoms. The van der Waals surface area contributed by atoms with Crippen LogP contribution >= 0.6 is 0 Å². The van der Waals surface area contributed by atoms with E-state index in [1.807, 2.05) is 26.0 Å². The van der Waals surface area contributed by atoms with Crippen molar-refractivity contribution in [3.05, 3.63) is 29.3 Å². The van der Waals surface area contributed by atoms with E-state index in [0.29, 0.717) is 11.3 Å². The summed E-state index contributed by atoms with van der Waals surface area (Å²) in [5.41, 5.74) is 7.47. The van der Waals surface area contributed by atoms with Crippen LogP contribution in [-0.4, -0.2) is 11.9 Å². The van der Waals surface area contributed by atoms with Gasteiger partial charge in [0.1, 0.15) is 6.07 Å². The third kappa shape index (κ3) is 2.34. The maximum atomic E-state index is 12.4. The van der Waals surface area contributed by atoms with Crippen LogP contribution in [0.4, 0.5) is 5.69 Å². The number of nitriles is 1. The Morgan fingerprint density at radius 2 is 2.32 bits per heavy atom. The number of anilines is 1. The minimum atomic E-state index is -0.531. The lowest BCUT2D eigenvalue weighted by Crippen LogP contribution is -2.44. The molecular weight excluding hydrogens is 238 g/mol. The van der Waals surface area contributed by atoms with Gasteiger partial charge in [0.2, 0.25) is 5.91 Å². The van der Waals surface area contributed by atoms with Gasteiger partial charge in [0, 0.05) is 6.04 Å². The normalized spacial score (nSPS) is 25.9. The lowest BCUT2D eigenvalue weighted by atomic mass is 9.84. The average Bonchev–Trinajstić information content (AvgIpc) is 2.71. The lowest BCUT2D eigenvalue weighted by molar-refractivity contribution is -0.125. The number of hydrogen-bond donors (Lipinski definition) is 2. The number of amides is 1. The van der Waals surface area contributed by atoms with Crippen LogP contribution in [0.2, 0.25) is 0 Å². The monoisotopic (exact) mass is 257 g/mol. The molecule has 1 amide bonds. The molecule has 1 aliphatic carbocycles. The van der Waals surface area contributed by atoms with Gasteiger partial charge in [-0.1, -0.05) is 18.6 Å². The predicted molar refractivity (Wildman–Crippen MR) is 74.5 cm³/mol. The number of carbonyl (C=O) groups is 1. The molecule has 1 aromatic rings. The van der Waals surface area contributed by atoms with E-state index in [2.05, 4.69) is 11.4 Å². The summed E-state index contributed by atoms with van der Waals surface area (Å²) in [6, 6.07) is 7.48. The fraction of sp³-hybridized carbons (Fsp3) is 0.467. The molecule has 1 saturated carbocycles. The first-order valence-corrected chi connectivity index (χ1v) is 6.56. The molecule has 0 bridgehead atoms. The summed E-state index contributed by atoms with van der Waals surface area (Å²) < 4.78 is 0. The Balaban J connectivity index is 2.25. The number of hydrogen-bond acceptors (Lipinski definition) is 3. The molecule has 1 fully saturated rings. The van der Waals surface area contributed by atoms with Crippen molar-refractivity contribution in [2.75, 3.05) is 5.32 Å². The third-order valence-electron chi connectivity index (χ3n) is 4.18. The smallest absolute Gasteiger partial charge is 0.231 e. The second kappa shape index (κ2) is 5.02. The van der Waals surface area contributed by atoms with Crippen LogP contribution in [0, 0.1) is 23.7 Å². The molecule has 0 radical (unpaired) electrons. The maximum absolute atomic E-state index is 12.4. The Kier molecular flexibility index (Phi) is 3.59. The molecule has 4 nitrogen and oxygen atoms in total. The van der Waals surface area contributed by atoms with E-state index in [1.165, 1.54) is 0 Å². The van der Waals surface area contributed by atoms with E-state index < -0.39 is 5.41 Å². The van der Waals surface area contributed by atoms with Gasteiger partial charge in [-0.15, -0.1) is 0 Å². The molecule has 0 aliphatic heterocycles. The fourth-order valence-corrected chi connectivity index (χ4v) is 2.66. The number of nitrogens with one attached hydrogen (secondary N) is 1. The number of carbonyl (C=O) groups excluding carboxylic acids is 1. The first kappa shape index (κ1) is 13.6. The van der Waals surface area contributed by atoms with Gasteiger partial charge in [-0.05, 0) is 38.3 Å². The van der Waals surface area contributed by atoms with Crippen LogP contribution in [0.15, 0.2) is 18.2 Å². The van der Waals surface area contributed by atoms with Crippen LogP contribution in [0.1, 0.15) is 37.3 Å². The molecule has 100 valence electrons. The summed E-state index contributed by atoms with van der Waals surface area (Å²) in [7, 11) is 0. The van der Waals surface area contributed by atoms with Crippen LogP contribution in [0.3, 0.4) is 0 Å². The zero-order valence-corrected chi connectivity index (χ0v) is 11.4. The van der Waals surface area contributed by atoms with Crippen molar-refractivity contribution < 1.29 is 4.79 Å². The maximum Gasteiger partial charge on any atom is 0.231 e. The Hall–Kier alpha value is -1.86. The zero-order chi connectivity index (χ0) is 14.0. The van der Waals surface area contributed by atoms with Crippen molar-refractivity contribution >= 4 is 11.6 Å². The van der Waals surface area contributed by atoms with Gasteiger partial charge >= 0.3 is 0 Å². The highest BCUT2D eigenvalue weighted by Gasteiger charge is 2.43. The van der Waals surface area contributed by atoms with Gasteiger partial charge in [0.05, 0.1) is 16.7 Å². The average molecular weight is 257 g/mol. The van der Waals surface area contributed by atoms with Crippen molar-refractivity contribution in [1.82, 2.24) is 0 Å². The summed E-state index contributed by atoms with van der Waals surface area (Å²) in [5.74, 6) is -0.0837. The second-order valence-corrected chi connectivity index (χ2v) is 5.48. The van der Waals surface area contributed by atoms with Crippen molar-refractivity contribution in [2.24, 2.45) is 11.1 Å². The first-order chi connectivity index (χ1) is 8.99. The quantitative estimate of drug-likeness (QED) is 0.853. The van der Waals surface area contributed by atoms with Gasteiger partial charge in [0.25, 0.3) is 0 Å². The van der Waals surface area contributed by atoms with Crippen molar-refractivity contribution in [1.29, 1.82) is 5.26 Å². The molecule has 0 saturated heterocycles. The standard InChI is InChI=1S/C15H19N3O/c1-10-5-3-6-12(11(10)9-16)18-14(19)15(2)8-4-7-13(15)17/h3,5-6,13H,4,7-8,17H2,1-2H3,(H,18,19). The molecule has 2 unspecified atom stereocenters. The first-order valence-electron chi connectivity index (χ1n) is 6.56. The molecule has 2 rings (SSSR count). The van der Waals surface area contributed by atoms with Crippen LogP contribution in [-0.2, 0) is 4.79 Å².